The van der Waals surface area contributed by atoms with E-state index in [1.165, 1.54) is 24.3 Å². The van der Waals surface area contributed by atoms with Crippen LogP contribution in [0.5, 0.6) is 0 Å². The smallest absolute Gasteiger partial charge is 0.418 e. The van der Waals surface area contributed by atoms with Crippen LogP contribution in [0.2, 0.25) is 0 Å². The van der Waals surface area contributed by atoms with Crippen LogP contribution in [0.15, 0.2) is 66.9 Å². The molecule has 1 aromatic heterocycles. The Balaban J connectivity index is 1.95. The minimum absolute atomic E-state index is 0.0670. The third kappa shape index (κ3) is 6.52. The van der Waals surface area contributed by atoms with Gasteiger partial charge in [-0.2, -0.15) is 26.3 Å². The molecule has 2 aromatic carbocycles. The van der Waals surface area contributed by atoms with Gasteiger partial charge in [-0.05, 0) is 55.0 Å². The number of carbonyl (C=O) groups excluding carboxylic acids is 2. The van der Waals surface area contributed by atoms with Crippen LogP contribution < -0.4 is 10.6 Å². The Morgan fingerprint density at radius 1 is 0.944 bits per heavy atom. The van der Waals surface area contributed by atoms with E-state index in [4.69, 9.17) is 4.74 Å². The topological polar surface area (TPSA) is 80.3 Å². The average Bonchev–Trinajstić information content (AvgIpc) is 2.82. The van der Waals surface area contributed by atoms with Gasteiger partial charge in [0.2, 0.25) is 0 Å². The number of esters is 1. The first-order chi connectivity index (χ1) is 16.9. The first-order valence-corrected chi connectivity index (χ1v) is 10.4. The van der Waals surface area contributed by atoms with Crippen molar-refractivity contribution in [1.29, 1.82) is 0 Å². The monoisotopic (exact) mass is 511 g/mol. The maximum atomic E-state index is 13.7. The van der Waals surface area contributed by atoms with Gasteiger partial charge in [-0.1, -0.05) is 18.2 Å². The quantitative estimate of drug-likeness (QED) is 0.305. The van der Waals surface area contributed by atoms with E-state index >= 15 is 0 Å². The van der Waals surface area contributed by atoms with Crippen LogP contribution in [0, 0.1) is 0 Å². The summed E-state index contributed by atoms with van der Waals surface area (Å²) in [5.74, 6) is -0.646. The number of hydrogen-bond acceptors (Lipinski definition) is 4. The number of hydrogen-bond donors (Lipinski definition) is 2. The summed E-state index contributed by atoms with van der Waals surface area (Å²) >= 11 is 0. The minimum atomic E-state index is -4.85. The maximum absolute atomic E-state index is 13.7. The summed E-state index contributed by atoms with van der Waals surface area (Å²) in [6, 6.07) is 8.20. The van der Waals surface area contributed by atoms with E-state index in [1.807, 2.05) is 0 Å². The van der Waals surface area contributed by atoms with Crippen molar-refractivity contribution in [2.24, 2.45) is 0 Å². The van der Waals surface area contributed by atoms with E-state index in [2.05, 4.69) is 15.6 Å². The first-order valence-electron chi connectivity index (χ1n) is 10.4. The molecule has 0 bridgehead atoms. The van der Waals surface area contributed by atoms with Crippen molar-refractivity contribution in [3.05, 3.63) is 94.8 Å². The van der Waals surface area contributed by atoms with Crippen molar-refractivity contribution >= 4 is 17.7 Å². The van der Waals surface area contributed by atoms with Gasteiger partial charge in [0.25, 0.3) is 0 Å². The molecule has 0 saturated carbocycles. The first kappa shape index (κ1) is 26.5. The van der Waals surface area contributed by atoms with Crippen LogP contribution in [0.1, 0.15) is 45.7 Å². The number of pyridine rings is 1. The fraction of sp³-hybridized carbons (Fsp3) is 0.208. The summed E-state index contributed by atoms with van der Waals surface area (Å²) in [6.07, 6.45) is -8.44. The van der Waals surface area contributed by atoms with Crippen molar-refractivity contribution in [2.45, 2.75) is 25.3 Å². The third-order valence-corrected chi connectivity index (χ3v) is 4.90. The molecule has 1 unspecified atom stereocenters. The van der Waals surface area contributed by atoms with Crippen LogP contribution >= 0.6 is 0 Å². The number of nitrogens with zero attached hydrogens (tertiary/aromatic N) is 1. The number of benzene rings is 2. The van der Waals surface area contributed by atoms with Gasteiger partial charge in [0.05, 0.1) is 35.0 Å². The highest BCUT2D eigenvalue weighted by Crippen LogP contribution is 2.36. The van der Waals surface area contributed by atoms with Crippen LogP contribution in [0.25, 0.3) is 0 Å². The minimum Gasteiger partial charge on any atom is -0.462 e. The molecule has 12 heteroatoms. The molecule has 3 rings (SSSR count). The van der Waals surface area contributed by atoms with Crippen molar-refractivity contribution in [3.8, 4) is 0 Å². The van der Waals surface area contributed by atoms with E-state index in [0.717, 1.165) is 30.5 Å². The largest absolute Gasteiger partial charge is 0.462 e. The van der Waals surface area contributed by atoms with Gasteiger partial charge in [0, 0.05) is 11.9 Å². The Kier molecular flexibility index (Phi) is 7.86. The molecule has 0 aliphatic rings. The van der Waals surface area contributed by atoms with Gasteiger partial charge in [-0.25, -0.2) is 9.59 Å². The number of urea groups is 1. The molecule has 0 fully saturated rings. The summed E-state index contributed by atoms with van der Waals surface area (Å²) in [4.78, 5) is 28.4. The highest BCUT2D eigenvalue weighted by atomic mass is 19.4. The number of rotatable bonds is 6. The molecule has 36 heavy (non-hydrogen) atoms. The SMILES string of the molecule is CCOC(=O)c1cccc(NC(=O)NC(c2ccc(C(F)(F)F)cc2)c2ncccc2C(F)(F)F)c1. The third-order valence-electron chi connectivity index (χ3n) is 4.90. The van der Waals surface area contributed by atoms with Gasteiger partial charge in [-0.15, -0.1) is 0 Å². The van der Waals surface area contributed by atoms with Crippen molar-refractivity contribution in [2.75, 3.05) is 11.9 Å². The molecular weight excluding hydrogens is 492 g/mol. The molecular formula is C24H19F6N3O3. The Hall–Kier alpha value is -4.09. The fourth-order valence-electron chi connectivity index (χ4n) is 3.30. The zero-order valence-electron chi connectivity index (χ0n) is 18.6. The van der Waals surface area contributed by atoms with Gasteiger partial charge < -0.3 is 15.4 Å². The lowest BCUT2D eigenvalue weighted by molar-refractivity contribution is -0.139. The second-order valence-electron chi connectivity index (χ2n) is 7.39. The summed E-state index contributed by atoms with van der Waals surface area (Å²) in [5.41, 5.74) is -2.61. The predicted octanol–water partition coefficient (Wildman–Crippen LogP) is 6.21. The number of ether oxygens (including phenoxy) is 1. The fourth-order valence-corrected chi connectivity index (χ4v) is 3.30. The molecule has 1 atom stereocenters. The summed E-state index contributed by atoms with van der Waals surface area (Å²) in [5, 5.41) is 4.73. The lowest BCUT2D eigenvalue weighted by Crippen LogP contribution is -2.35. The van der Waals surface area contributed by atoms with Crippen molar-refractivity contribution in [1.82, 2.24) is 10.3 Å². The molecule has 190 valence electrons. The highest BCUT2D eigenvalue weighted by molar-refractivity contribution is 5.94. The number of aromatic nitrogens is 1. The number of carbonyl (C=O) groups is 2. The molecule has 6 nitrogen and oxygen atoms in total. The second-order valence-corrected chi connectivity index (χ2v) is 7.39. The van der Waals surface area contributed by atoms with Crippen LogP contribution in [-0.4, -0.2) is 23.6 Å². The summed E-state index contributed by atoms with van der Waals surface area (Å²) < 4.78 is 84.8. The number of alkyl halides is 6. The molecule has 0 aliphatic heterocycles. The predicted molar refractivity (Wildman–Crippen MR) is 117 cm³/mol. The Bertz CT molecular complexity index is 1230. The van der Waals surface area contributed by atoms with E-state index in [9.17, 15) is 35.9 Å². The summed E-state index contributed by atoms with van der Waals surface area (Å²) in [6.45, 7) is 1.74. The van der Waals surface area contributed by atoms with Gasteiger partial charge in [0.1, 0.15) is 0 Å². The molecule has 2 N–H and O–H groups in total. The molecule has 0 saturated heterocycles. The lowest BCUT2D eigenvalue weighted by Gasteiger charge is -2.23. The zero-order chi connectivity index (χ0) is 26.5. The van der Waals surface area contributed by atoms with Gasteiger partial charge >= 0.3 is 24.4 Å². The Morgan fingerprint density at radius 2 is 1.64 bits per heavy atom. The number of anilines is 1. The standard InChI is InChI=1S/C24H19F6N3O3/c1-2-36-21(34)15-5-3-6-17(13-15)32-22(35)33-19(14-8-10-16(11-9-14)23(25,26)27)20-18(24(28,29)30)7-4-12-31-20/h3-13,19H,2H2,1H3,(H2,32,33,35). The Labute approximate surface area is 201 Å². The zero-order valence-corrected chi connectivity index (χ0v) is 18.6. The number of halogens is 6. The van der Waals surface area contributed by atoms with E-state index in [0.29, 0.717) is 12.1 Å². The average molecular weight is 511 g/mol. The number of amides is 2. The Morgan fingerprint density at radius 3 is 2.25 bits per heavy atom. The van der Waals surface area contributed by atoms with Crippen LogP contribution in [0.4, 0.5) is 36.8 Å². The molecule has 0 radical (unpaired) electrons. The van der Waals surface area contributed by atoms with E-state index in [1.54, 1.807) is 6.92 Å². The maximum Gasteiger partial charge on any atom is 0.418 e. The van der Waals surface area contributed by atoms with E-state index < -0.39 is 47.2 Å². The molecule has 3 aromatic rings. The van der Waals surface area contributed by atoms with Gasteiger partial charge in [-0.3, -0.25) is 4.98 Å². The van der Waals surface area contributed by atoms with Crippen molar-refractivity contribution < 1.29 is 40.7 Å². The highest BCUT2D eigenvalue weighted by Gasteiger charge is 2.37. The van der Waals surface area contributed by atoms with Crippen LogP contribution in [0.3, 0.4) is 0 Å². The van der Waals surface area contributed by atoms with Crippen LogP contribution in [-0.2, 0) is 17.1 Å². The molecule has 0 aliphatic carbocycles. The molecule has 0 spiro atoms. The van der Waals surface area contributed by atoms with Gasteiger partial charge in [0.15, 0.2) is 0 Å². The number of nitrogens with one attached hydrogen (secondary N) is 2. The van der Waals surface area contributed by atoms with Crippen molar-refractivity contribution in [3.63, 3.8) is 0 Å². The normalized spacial score (nSPS) is 12.5. The molecule has 1 heterocycles. The van der Waals surface area contributed by atoms with E-state index in [-0.39, 0.29) is 23.4 Å². The lowest BCUT2D eigenvalue weighted by atomic mass is 9.98. The summed E-state index contributed by atoms with van der Waals surface area (Å²) in [7, 11) is 0. The molecule has 2 amide bonds. The second kappa shape index (κ2) is 10.7.